The number of rotatable bonds is 3. The fourth-order valence-corrected chi connectivity index (χ4v) is 3.31. The minimum atomic E-state index is -4.81. The van der Waals surface area contributed by atoms with Crippen LogP contribution in [0.4, 0.5) is 46.5 Å². The molecule has 0 saturated carbocycles. The quantitative estimate of drug-likeness (QED) is 0.169. The third kappa shape index (κ3) is 4.02. The second-order valence-electron chi connectivity index (χ2n) is 6.99. The molecule has 13 heteroatoms. The zero-order valence-electron chi connectivity index (χ0n) is 15.8. The van der Waals surface area contributed by atoms with E-state index < -0.39 is 70.1 Å². The minimum Gasteiger partial charge on any atom is -0.348 e. The molecule has 0 amide bonds. The summed E-state index contributed by atoms with van der Waals surface area (Å²) in [6.07, 6.45) is -5.23. The highest BCUT2D eigenvalue weighted by atomic mass is 32.1. The Balaban J connectivity index is 1.87. The number of hydrogen-bond donors (Lipinski definition) is 1. The van der Waals surface area contributed by atoms with E-state index in [4.69, 9.17) is 18.8 Å². The van der Waals surface area contributed by atoms with Crippen LogP contribution in [0.25, 0.3) is 4.85 Å². The van der Waals surface area contributed by atoms with E-state index in [2.05, 4.69) is 20.4 Å². The van der Waals surface area contributed by atoms with E-state index in [-0.39, 0.29) is 10.7 Å². The van der Waals surface area contributed by atoms with Crippen LogP contribution in [0.3, 0.4) is 0 Å². The molecule has 0 radical (unpaired) electrons. The van der Waals surface area contributed by atoms with E-state index >= 15 is 0 Å². The van der Waals surface area contributed by atoms with Crippen LogP contribution in [0.1, 0.15) is 30.5 Å². The Hall–Kier alpha value is -3.14. The highest BCUT2D eigenvalue weighted by Gasteiger charge is 2.42. The smallest absolute Gasteiger partial charge is 0.348 e. The number of halogens is 8. The lowest BCUT2D eigenvalue weighted by molar-refractivity contribution is -0.136. The van der Waals surface area contributed by atoms with Crippen molar-refractivity contribution in [2.45, 2.75) is 31.1 Å². The van der Waals surface area contributed by atoms with Crippen molar-refractivity contribution < 1.29 is 35.1 Å². The largest absolute Gasteiger partial charge is 0.407 e. The molecule has 0 spiro atoms. The van der Waals surface area contributed by atoms with Gasteiger partial charge in [-0.2, -0.15) is 23.4 Å². The van der Waals surface area contributed by atoms with Crippen LogP contribution < -0.4 is 5.32 Å². The zero-order valence-corrected chi connectivity index (χ0v) is 16.6. The Morgan fingerprint density at radius 3 is 2.19 bits per heavy atom. The molecule has 2 atom stereocenters. The molecule has 2 unspecified atom stereocenters. The van der Waals surface area contributed by atoms with Crippen LogP contribution in [-0.4, -0.2) is 10.5 Å². The molecule has 1 aliphatic heterocycles. The van der Waals surface area contributed by atoms with Crippen molar-refractivity contribution >= 4 is 28.6 Å². The summed E-state index contributed by atoms with van der Waals surface area (Å²) in [6.45, 7) is 8.17. The summed E-state index contributed by atoms with van der Waals surface area (Å²) in [7, 11) is 0. The highest BCUT2D eigenvalue weighted by Crippen LogP contribution is 2.42. The van der Waals surface area contributed by atoms with Crippen LogP contribution >= 0.6 is 12.2 Å². The van der Waals surface area contributed by atoms with Crippen molar-refractivity contribution in [3.63, 3.8) is 0 Å². The third-order valence-electron chi connectivity index (χ3n) is 4.76. The molecule has 0 fully saturated rings. The number of azo groups is 1. The van der Waals surface area contributed by atoms with E-state index in [0.717, 1.165) is 12.1 Å². The van der Waals surface area contributed by atoms with Gasteiger partial charge in [-0.05, 0) is 19.1 Å². The van der Waals surface area contributed by atoms with Crippen molar-refractivity contribution in [1.82, 2.24) is 0 Å². The second-order valence-corrected chi connectivity index (χ2v) is 7.40. The van der Waals surface area contributed by atoms with E-state index in [1.54, 1.807) is 0 Å². The van der Waals surface area contributed by atoms with Gasteiger partial charge in [0.2, 0.25) is 5.82 Å². The maximum Gasteiger partial charge on any atom is 0.407 e. The molecule has 168 valence electrons. The zero-order chi connectivity index (χ0) is 24.0. The number of thiocarbonyl (C=S) groups is 1. The Morgan fingerprint density at radius 2 is 1.66 bits per heavy atom. The molecular weight excluding hydrogens is 468 g/mol. The Morgan fingerprint density at radius 1 is 1.09 bits per heavy atom. The summed E-state index contributed by atoms with van der Waals surface area (Å²) in [6, 6.07) is 1.17. The molecule has 1 aliphatic rings. The molecule has 2 aromatic rings. The van der Waals surface area contributed by atoms with Crippen LogP contribution in [0.5, 0.6) is 0 Å². The maximum absolute atomic E-state index is 14.1. The number of alkyl halides is 3. The van der Waals surface area contributed by atoms with Gasteiger partial charge in [-0.25, -0.2) is 26.8 Å². The van der Waals surface area contributed by atoms with Gasteiger partial charge in [0.15, 0.2) is 29.0 Å². The third-order valence-corrected chi connectivity index (χ3v) is 5.30. The second kappa shape index (κ2) is 8.09. The van der Waals surface area contributed by atoms with Gasteiger partial charge in [-0.3, -0.25) is 0 Å². The Labute approximate surface area is 180 Å². The molecule has 0 aliphatic carbocycles. The van der Waals surface area contributed by atoms with Gasteiger partial charge >= 0.3 is 6.18 Å². The van der Waals surface area contributed by atoms with E-state index in [1.165, 1.54) is 6.92 Å². The predicted molar refractivity (Wildman–Crippen MR) is 101 cm³/mol. The summed E-state index contributed by atoms with van der Waals surface area (Å²) in [4.78, 5) is 2.59. The fraction of sp³-hybridized carbons (Fsp3) is 0.263. The molecule has 0 saturated heterocycles. The maximum atomic E-state index is 14.1. The number of benzene rings is 2. The normalized spacial score (nSPS) is 20.3. The first-order valence-electron chi connectivity index (χ1n) is 8.63. The number of anilines is 1. The van der Waals surface area contributed by atoms with Crippen molar-refractivity contribution in [3.8, 4) is 0 Å². The average molecular weight is 478 g/mol. The SMILES string of the molecule is [C-]#[N+]c1ccc(NC(=S)C2(C)CC(c3c(F)c(F)c(F)c(F)c3F)N=N2)cc1C(F)(F)F. The highest BCUT2D eigenvalue weighted by molar-refractivity contribution is 7.80. The molecule has 32 heavy (non-hydrogen) atoms. The first kappa shape index (κ1) is 23.5. The first-order valence-corrected chi connectivity index (χ1v) is 9.04. The van der Waals surface area contributed by atoms with E-state index in [0.29, 0.717) is 6.07 Å². The van der Waals surface area contributed by atoms with E-state index in [1.807, 2.05) is 0 Å². The number of nitrogens with one attached hydrogen (secondary N) is 1. The number of hydrogen-bond acceptors (Lipinski definition) is 3. The van der Waals surface area contributed by atoms with Gasteiger partial charge in [0, 0.05) is 12.1 Å². The molecule has 1 N–H and O–H groups in total. The summed E-state index contributed by atoms with van der Waals surface area (Å²) < 4.78 is 108. The minimum absolute atomic E-state index is 0.147. The molecule has 1 heterocycles. The summed E-state index contributed by atoms with van der Waals surface area (Å²) in [5.41, 5.74) is -4.69. The van der Waals surface area contributed by atoms with Gasteiger partial charge in [0.1, 0.15) is 16.6 Å². The average Bonchev–Trinajstić information content (AvgIpc) is 3.13. The lowest BCUT2D eigenvalue weighted by atomic mass is 9.91. The molecule has 2 aromatic carbocycles. The van der Waals surface area contributed by atoms with Crippen LogP contribution in [-0.2, 0) is 6.18 Å². The van der Waals surface area contributed by atoms with Crippen molar-refractivity contribution in [2.75, 3.05) is 5.32 Å². The monoisotopic (exact) mass is 478 g/mol. The summed E-state index contributed by atoms with van der Waals surface area (Å²) in [5, 5.41) is 9.85. The molecule has 0 bridgehead atoms. The first-order chi connectivity index (χ1) is 14.8. The molecular formula is C19H10F8N4S. The van der Waals surface area contributed by atoms with Crippen molar-refractivity contribution in [1.29, 1.82) is 0 Å². The van der Waals surface area contributed by atoms with Gasteiger partial charge in [0.25, 0.3) is 0 Å². The fourth-order valence-electron chi connectivity index (χ4n) is 3.07. The van der Waals surface area contributed by atoms with Gasteiger partial charge in [-0.1, -0.05) is 18.3 Å². The number of nitrogens with zero attached hydrogens (tertiary/aromatic N) is 3. The van der Waals surface area contributed by atoms with Crippen LogP contribution in [0.2, 0.25) is 0 Å². The Bertz CT molecular complexity index is 1160. The van der Waals surface area contributed by atoms with Crippen molar-refractivity contribution in [2.24, 2.45) is 10.2 Å². The van der Waals surface area contributed by atoms with Crippen LogP contribution in [0.15, 0.2) is 28.4 Å². The molecule has 4 nitrogen and oxygen atoms in total. The van der Waals surface area contributed by atoms with Crippen LogP contribution in [0, 0.1) is 35.7 Å². The van der Waals surface area contributed by atoms with Gasteiger partial charge < -0.3 is 5.32 Å². The molecule has 0 aromatic heterocycles. The van der Waals surface area contributed by atoms with Gasteiger partial charge in [0.05, 0.1) is 17.7 Å². The Kier molecular flexibility index (Phi) is 5.94. The lowest BCUT2D eigenvalue weighted by Crippen LogP contribution is -2.35. The predicted octanol–water partition coefficient (Wildman–Crippen LogP) is 7.05. The summed E-state index contributed by atoms with van der Waals surface area (Å²) >= 11 is 5.15. The van der Waals surface area contributed by atoms with Crippen molar-refractivity contribution in [3.05, 3.63) is 69.8 Å². The topological polar surface area (TPSA) is 41.1 Å². The molecule has 3 rings (SSSR count). The standard InChI is InChI=1S/C19H10F8N4S/c1-18(17(32)29-7-3-4-9(28-2)8(5-7)19(25,26)27)6-10(30-31-18)11-12(20)14(22)16(24)15(23)13(11)21/h3-5,10H,6H2,1H3,(H,29,32). The van der Waals surface area contributed by atoms with E-state index in [9.17, 15) is 35.1 Å². The van der Waals surface area contributed by atoms with Gasteiger partial charge in [-0.15, -0.1) is 0 Å². The summed E-state index contributed by atoms with van der Waals surface area (Å²) in [5.74, 6) is -10.7. The lowest BCUT2D eigenvalue weighted by Gasteiger charge is -2.23.